The maximum Gasteiger partial charge on any atom is 0.327 e. The van der Waals surface area contributed by atoms with E-state index in [1.807, 2.05) is 6.92 Å². The van der Waals surface area contributed by atoms with E-state index in [0.717, 1.165) is 12.8 Å². The van der Waals surface area contributed by atoms with Crippen LogP contribution >= 0.6 is 11.8 Å². The second kappa shape index (κ2) is 5.74. The number of aliphatic carboxylic acids is 1. The van der Waals surface area contributed by atoms with Crippen molar-refractivity contribution < 1.29 is 14.7 Å². The average Bonchev–Trinajstić information content (AvgIpc) is 3.08. The molecule has 5 nitrogen and oxygen atoms in total. The van der Waals surface area contributed by atoms with Gasteiger partial charge in [-0.3, -0.25) is 4.90 Å². The number of hydrogen-bond acceptors (Lipinski definition) is 3. The summed E-state index contributed by atoms with van der Waals surface area (Å²) in [4.78, 5) is 26.8. The fraction of sp³-hybridized carbons (Fsp3) is 0.692. The summed E-state index contributed by atoms with van der Waals surface area (Å²) < 4.78 is 0. The minimum atomic E-state index is -0.947. The van der Waals surface area contributed by atoms with Crippen LogP contribution in [0, 0.1) is 18.3 Å². The van der Waals surface area contributed by atoms with Crippen LogP contribution in [0.1, 0.15) is 19.8 Å². The van der Waals surface area contributed by atoms with Crippen molar-refractivity contribution in [3.63, 3.8) is 0 Å². The molecular weight excluding hydrogens is 264 g/mol. The first-order valence-corrected chi connectivity index (χ1v) is 7.44. The van der Waals surface area contributed by atoms with Gasteiger partial charge in [-0.05, 0) is 25.7 Å². The van der Waals surface area contributed by atoms with Gasteiger partial charge in [0.05, 0.1) is 11.9 Å². The lowest BCUT2D eigenvalue weighted by Gasteiger charge is -2.31. The Morgan fingerprint density at radius 2 is 2.21 bits per heavy atom. The van der Waals surface area contributed by atoms with Crippen LogP contribution in [0.15, 0.2) is 0 Å². The van der Waals surface area contributed by atoms with Crippen LogP contribution in [0.25, 0.3) is 0 Å². The monoisotopic (exact) mass is 282 g/mol. The number of amides is 2. The number of terminal acetylenes is 1. The summed E-state index contributed by atoms with van der Waals surface area (Å²) in [7, 11) is 0. The van der Waals surface area contributed by atoms with Crippen molar-refractivity contribution in [1.29, 1.82) is 0 Å². The largest absolute Gasteiger partial charge is 0.480 e. The molecule has 0 aromatic rings. The van der Waals surface area contributed by atoms with E-state index in [1.54, 1.807) is 4.90 Å². The summed E-state index contributed by atoms with van der Waals surface area (Å²) in [5.74, 6) is 2.51. The van der Waals surface area contributed by atoms with Crippen molar-refractivity contribution in [3.8, 4) is 12.3 Å². The SMILES string of the molecule is C#CCN(CC1CC1)C(=O)N1C(C)SCC1C(=O)O. The number of nitrogens with zero attached hydrogens (tertiary/aromatic N) is 2. The number of carboxylic acid groups (broad SMARTS) is 1. The topological polar surface area (TPSA) is 60.9 Å². The summed E-state index contributed by atoms with van der Waals surface area (Å²) in [6.07, 6.45) is 7.56. The molecule has 0 spiro atoms. The van der Waals surface area contributed by atoms with Crippen LogP contribution in [0.3, 0.4) is 0 Å². The fourth-order valence-corrected chi connectivity index (χ4v) is 3.38. The zero-order valence-corrected chi connectivity index (χ0v) is 11.7. The molecule has 1 saturated heterocycles. The second-order valence-corrected chi connectivity index (χ2v) is 6.35. The number of carboxylic acids is 1. The van der Waals surface area contributed by atoms with E-state index in [1.165, 1.54) is 16.7 Å². The molecule has 2 rings (SSSR count). The summed E-state index contributed by atoms with van der Waals surface area (Å²) in [6.45, 7) is 2.75. The quantitative estimate of drug-likeness (QED) is 0.790. The lowest BCUT2D eigenvalue weighted by molar-refractivity contribution is -0.141. The minimum absolute atomic E-state index is 0.118. The Labute approximate surface area is 117 Å². The maximum absolute atomic E-state index is 12.5. The average molecular weight is 282 g/mol. The molecule has 6 heteroatoms. The van der Waals surface area contributed by atoms with Crippen LogP contribution in [0.4, 0.5) is 4.79 Å². The van der Waals surface area contributed by atoms with Gasteiger partial charge < -0.3 is 10.0 Å². The zero-order chi connectivity index (χ0) is 14.0. The Morgan fingerprint density at radius 3 is 2.74 bits per heavy atom. The highest BCUT2D eigenvalue weighted by Crippen LogP contribution is 2.33. The highest BCUT2D eigenvalue weighted by Gasteiger charge is 2.41. The highest BCUT2D eigenvalue weighted by molar-refractivity contribution is 8.00. The molecular formula is C13H18N2O3S. The number of thioether (sulfide) groups is 1. The van der Waals surface area contributed by atoms with E-state index >= 15 is 0 Å². The Balaban J connectivity index is 2.09. The Bertz CT molecular complexity index is 417. The Hall–Kier alpha value is -1.35. The summed E-state index contributed by atoms with van der Waals surface area (Å²) in [6, 6.07) is -0.985. The van der Waals surface area contributed by atoms with Gasteiger partial charge in [-0.15, -0.1) is 18.2 Å². The van der Waals surface area contributed by atoms with Gasteiger partial charge in [-0.25, -0.2) is 9.59 Å². The first-order valence-electron chi connectivity index (χ1n) is 6.39. The second-order valence-electron chi connectivity index (χ2n) is 5.00. The molecule has 1 heterocycles. The molecule has 2 amide bonds. The molecule has 0 aromatic heterocycles. The van der Waals surface area contributed by atoms with Gasteiger partial charge >= 0.3 is 12.0 Å². The number of rotatable bonds is 4. The van der Waals surface area contributed by atoms with E-state index in [2.05, 4.69) is 5.92 Å². The molecule has 1 aliphatic carbocycles. The summed E-state index contributed by atoms with van der Waals surface area (Å²) in [5, 5.41) is 9.07. The van der Waals surface area contributed by atoms with E-state index < -0.39 is 12.0 Å². The normalized spacial score (nSPS) is 26.0. The first-order chi connectivity index (χ1) is 9.04. The van der Waals surface area contributed by atoms with E-state index in [0.29, 0.717) is 18.2 Å². The minimum Gasteiger partial charge on any atom is -0.480 e. The van der Waals surface area contributed by atoms with Crippen LogP contribution in [-0.2, 0) is 4.79 Å². The third kappa shape index (κ3) is 3.16. The van der Waals surface area contributed by atoms with Crippen molar-refractivity contribution >= 4 is 23.8 Å². The van der Waals surface area contributed by atoms with Gasteiger partial charge in [0.25, 0.3) is 0 Å². The van der Waals surface area contributed by atoms with Crippen LogP contribution in [-0.4, -0.2) is 57.2 Å². The highest BCUT2D eigenvalue weighted by atomic mass is 32.2. The number of carbonyl (C=O) groups is 2. The first kappa shape index (κ1) is 14.1. The molecule has 19 heavy (non-hydrogen) atoms. The van der Waals surface area contributed by atoms with Crippen LogP contribution in [0.5, 0.6) is 0 Å². The van der Waals surface area contributed by atoms with Crippen molar-refractivity contribution in [1.82, 2.24) is 9.80 Å². The third-order valence-corrected chi connectivity index (χ3v) is 4.67. The van der Waals surface area contributed by atoms with E-state index in [4.69, 9.17) is 6.42 Å². The van der Waals surface area contributed by atoms with Crippen molar-refractivity contribution in [3.05, 3.63) is 0 Å². The lowest BCUT2D eigenvalue weighted by atomic mass is 10.3. The fourth-order valence-electron chi connectivity index (χ4n) is 2.22. The van der Waals surface area contributed by atoms with Gasteiger partial charge in [0.1, 0.15) is 6.04 Å². The molecule has 2 atom stereocenters. The summed E-state index contributed by atoms with van der Waals surface area (Å²) in [5.41, 5.74) is 0. The van der Waals surface area contributed by atoms with Crippen molar-refractivity contribution in [2.45, 2.75) is 31.2 Å². The molecule has 0 radical (unpaired) electrons. The molecule has 2 fully saturated rings. The summed E-state index contributed by atoms with van der Waals surface area (Å²) >= 11 is 1.49. The van der Waals surface area contributed by atoms with Gasteiger partial charge in [0.2, 0.25) is 0 Å². The predicted molar refractivity (Wildman–Crippen MR) is 73.7 cm³/mol. The Morgan fingerprint density at radius 1 is 1.53 bits per heavy atom. The molecule has 1 saturated carbocycles. The molecule has 0 bridgehead atoms. The van der Waals surface area contributed by atoms with Gasteiger partial charge in [-0.2, -0.15) is 0 Å². The number of hydrogen-bond donors (Lipinski definition) is 1. The molecule has 1 N–H and O–H groups in total. The smallest absolute Gasteiger partial charge is 0.327 e. The van der Waals surface area contributed by atoms with Gasteiger partial charge in [-0.1, -0.05) is 5.92 Å². The zero-order valence-electron chi connectivity index (χ0n) is 10.9. The molecule has 0 aromatic carbocycles. The van der Waals surface area contributed by atoms with Crippen LogP contribution < -0.4 is 0 Å². The maximum atomic E-state index is 12.5. The Kier molecular flexibility index (Phi) is 4.25. The number of carbonyl (C=O) groups excluding carboxylic acids is 1. The lowest BCUT2D eigenvalue weighted by Crippen LogP contribution is -2.51. The molecule has 104 valence electrons. The molecule has 1 aliphatic heterocycles. The van der Waals surface area contributed by atoms with Crippen LogP contribution in [0.2, 0.25) is 0 Å². The molecule has 2 unspecified atom stereocenters. The van der Waals surface area contributed by atoms with E-state index in [9.17, 15) is 14.7 Å². The van der Waals surface area contributed by atoms with Gasteiger partial charge in [0.15, 0.2) is 0 Å². The van der Waals surface area contributed by atoms with E-state index in [-0.39, 0.29) is 17.9 Å². The van der Waals surface area contributed by atoms with Crippen molar-refractivity contribution in [2.24, 2.45) is 5.92 Å². The third-order valence-electron chi connectivity index (χ3n) is 3.46. The molecule has 2 aliphatic rings. The number of urea groups is 1. The van der Waals surface area contributed by atoms with Crippen molar-refractivity contribution in [2.75, 3.05) is 18.8 Å². The van der Waals surface area contributed by atoms with Gasteiger partial charge in [0, 0.05) is 12.3 Å². The standard InChI is InChI=1S/C13H18N2O3S/c1-3-6-14(7-10-4-5-10)13(18)15-9(2)19-8-11(15)12(16)17/h1,9-11H,4-8H2,2H3,(H,16,17). The predicted octanol–water partition coefficient (Wildman–Crippen LogP) is 1.30.